The van der Waals surface area contributed by atoms with Crippen LogP contribution in [0, 0.1) is 19.8 Å². The number of rotatable bonds is 4. The number of methoxy groups -OCH3 is 1. The molecule has 3 rings (SSSR count). The summed E-state index contributed by atoms with van der Waals surface area (Å²) in [6.45, 7) is 5.47. The van der Waals surface area contributed by atoms with E-state index in [1.165, 1.54) is 0 Å². The van der Waals surface area contributed by atoms with Crippen LogP contribution in [0.3, 0.4) is 0 Å². The van der Waals surface area contributed by atoms with E-state index in [-0.39, 0.29) is 17.6 Å². The summed E-state index contributed by atoms with van der Waals surface area (Å²) in [6, 6.07) is 5.69. The minimum atomic E-state index is -0.0443. The Morgan fingerprint density at radius 3 is 2.68 bits per heavy atom. The maximum absolute atomic E-state index is 13.0. The number of anilines is 2. The number of hydrogen-bond donors (Lipinski definition) is 1. The van der Waals surface area contributed by atoms with Crippen LogP contribution < -0.4 is 15.4 Å². The molecule has 0 radical (unpaired) electrons. The Morgan fingerprint density at radius 1 is 1.32 bits per heavy atom. The van der Waals surface area contributed by atoms with Crippen molar-refractivity contribution in [1.29, 1.82) is 0 Å². The molecule has 1 aliphatic rings. The molecule has 25 heavy (non-hydrogen) atoms. The number of nitrogens with two attached hydrogens (primary N) is 1. The second-order valence-corrected chi connectivity index (χ2v) is 6.57. The van der Waals surface area contributed by atoms with Crippen molar-refractivity contribution in [2.45, 2.75) is 26.7 Å². The average Bonchev–Trinajstić information content (AvgIpc) is 2.61. The van der Waals surface area contributed by atoms with E-state index in [0.29, 0.717) is 6.54 Å². The van der Waals surface area contributed by atoms with Gasteiger partial charge in [0.1, 0.15) is 11.6 Å². The molecule has 132 valence electrons. The summed E-state index contributed by atoms with van der Waals surface area (Å²) >= 11 is 0. The van der Waals surface area contributed by atoms with Crippen LogP contribution in [0.4, 0.5) is 11.8 Å². The van der Waals surface area contributed by atoms with E-state index in [0.717, 1.165) is 47.6 Å². The van der Waals surface area contributed by atoms with Crippen molar-refractivity contribution in [3.63, 3.8) is 0 Å². The van der Waals surface area contributed by atoms with E-state index in [2.05, 4.69) is 14.9 Å². The van der Waals surface area contributed by atoms with Gasteiger partial charge in [0.2, 0.25) is 5.95 Å². The van der Waals surface area contributed by atoms with Crippen LogP contribution in [0.15, 0.2) is 24.4 Å². The lowest BCUT2D eigenvalue weighted by Crippen LogP contribution is -2.39. The fraction of sp³-hybridized carbons (Fsp3) is 0.421. The molecule has 2 N–H and O–H groups in total. The summed E-state index contributed by atoms with van der Waals surface area (Å²) in [5, 5.41) is 0. The lowest BCUT2D eigenvalue weighted by atomic mass is 9.88. The highest BCUT2D eigenvalue weighted by Gasteiger charge is 2.28. The minimum Gasteiger partial charge on any atom is -0.496 e. The molecule has 1 atom stereocenters. The first-order valence-corrected chi connectivity index (χ1v) is 8.52. The van der Waals surface area contributed by atoms with Crippen LogP contribution in [0.5, 0.6) is 5.75 Å². The molecule has 1 saturated heterocycles. The molecule has 2 aromatic rings. The third-order valence-electron chi connectivity index (χ3n) is 4.72. The second-order valence-electron chi connectivity index (χ2n) is 6.57. The molecule has 1 fully saturated rings. The summed E-state index contributed by atoms with van der Waals surface area (Å²) in [7, 11) is 1.66. The first kappa shape index (κ1) is 17.2. The number of aromatic nitrogens is 2. The molecule has 1 aromatic heterocycles. The first-order chi connectivity index (χ1) is 12.0. The van der Waals surface area contributed by atoms with Crippen molar-refractivity contribution < 1.29 is 9.53 Å². The van der Waals surface area contributed by atoms with Crippen LogP contribution in [0.2, 0.25) is 0 Å². The number of Topliss-reactive ketones (excluding diaryl/α,β-unsaturated/α-hetero) is 1. The van der Waals surface area contributed by atoms with E-state index in [1.54, 1.807) is 13.3 Å². The highest BCUT2D eigenvalue weighted by molar-refractivity contribution is 5.99. The van der Waals surface area contributed by atoms with Crippen LogP contribution >= 0.6 is 0 Å². The molecule has 6 heteroatoms. The molecule has 6 nitrogen and oxygen atoms in total. The number of carbonyl (C=O) groups excluding carboxylic acids is 1. The van der Waals surface area contributed by atoms with Gasteiger partial charge in [-0.2, -0.15) is 4.98 Å². The molecule has 2 heterocycles. The van der Waals surface area contributed by atoms with Crippen LogP contribution in [0.1, 0.15) is 34.3 Å². The first-order valence-electron chi connectivity index (χ1n) is 8.52. The number of carbonyl (C=O) groups is 1. The monoisotopic (exact) mass is 340 g/mol. The van der Waals surface area contributed by atoms with E-state index >= 15 is 0 Å². The second kappa shape index (κ2) is 7.09. The van der Waals surface area contributed by atoms with Gasteiger partial charge in [0.15, 0.2) is 5.78 Å². The molecular formula is C19H24N4O2. The third kappa shape index (κ3) is 3.57. The fourth-order valence-corrected chi connectivity index (χ4v) is 3.59. The minimum absolute atomic E-state index is 0.0443. The lowest BCUT2D eigenvalue weighted by Gasteiger charge is -2.33. The van der Waals surface area contributed by atoms with Crippen molar-refractivity contribution >= 4 is 17.5 Å². The zero-order valence-corrected chi connectivity index (χ0v) is 15.0. The smallest absolute Gasteiger partial charge is 0.221 e. The Hall–Kier alpha value is -2.63. The number of aryl methyl sites for hydroxylation is 2. The quantitative estimate of drug-likeness (QED) is 0.862. The molecule has 0 unspecified atom stereocenters. The zero-order chi connectivity index (χ0) is 18.0. The zero-order valence-electron chi connectivity index (χ0n) is 15.0. The molecular weight excluding hydrogens is 316 g/mol. The number of benzene rings is 1. The fourth-order valence-electron chi connectivity index (χ4n) is 3.59. The number of hydrogen-bond acceptors (Lipinski definition) is 6. The van der Waals surface area contributed by atoms with Crippen molar-refractivity contribution in [2.24, 2.45) is 5.92 Å². The Kier molecular flexibility index (Phi) is 4.88. The van der Waals surface area contributed by atoms with Gasteiger partial charge in [0.25, 0.3) is 0 Å². The maximum Gasteiger partial charge on any atom is 0.221 e. The molecule has 0 spiro atoms. The third-order valence-corrected chi connectivity index (χ3v) is 4.72. The van der Waals surface area contributed by atoms with Gasteiger partial charge in [0.05, 0.1) is 7.11 Å². The molecule has 1 aliphatic heterocycles. The largest absolute Gasteiger partial charge is 0.496 e. The highest BCUT2D eigenvalue weighted by Crippen LogP contribution is 2.28. The van der Waals surface area contributed by atoms with E-state index in [1.807, 2.05) is 32.0 Å². The van der Waals surface area contributed by atoms with E-state index in [4.69, 9.17) is 10.5 Å². The van der Waals surface area contributed by atoms with Crippen molar-refractivity contribution in [3.05, 3.63) is 41.1 Å². The topological polar surface area (TPSA) is 81.3 Å². The van der Waals surface area contributed by atoms with Gasteiger partial charge < -0.3 is 15.4 Å². The number of nitrogens with zero attached hydrogens (tertiary/aromatic N) is 3. The predicted octanol–water partition coefficient (Wildman–Crippen LogP) is 2.78. The van der Waals surface area contributed by atoms with E-state index in [9.17, 15) is 4.79 Å². The highest BCUT2D eigenvalue weighted by atomic mass is 16.5. The standard InChI is InChI=1S/C19H24N4O2/c1-12-9-15(10-13(2)18(12)25-3)17(24)14-5-4-8-23(11-14)16-6-7-21-19(20)22-16/h6-7,9-10,14H,4-5,8,11H2,1-3H3,(H2,20,21,22)/t14-/m1/s1. The van der Waals surface area contributed by atoms with Crippen LogP contribution in [-0.4, -0.2) is 36.0 Å². The Morgan fingerprint density at radius 2 is 2.04 bits per heavy atom. The summed E-state index contributed by atoms with van der Waals surface area (Å²) in [4.78, 5) is 23.4. The maximum atomic E-state index is 13.0. The van der Waals surface area contributed by atoms with Gasteiger partial charge >= 0.3 is 0 Å². The van der Waals surface area contributed by atoms with Gasteiger partial charge in [-0.25, -0.2) is 4.98 Å². The Bertz CT molecular complexity index is 768. The summed E-state index contributed by atoms with van der Waals surface area (Å²) in [5.41, 5.74) is 8.41. The number of ketones is 1. The summed E-state index contributed by atoms with van der Waals surface area (Å²) in [5.74, 6) is 2.02. The molecule has 1 aromatic carbocycles. The van der Waals surface area contributed by atoms with Gasteiger partial charge in [-0.1, -0.05) is 0 Å². The van der Waals surface area contributed by atoms with Crippen LogP contribution in [-0.2, 0) is 0 Å². The van der Waals surface area contributed by atoms with Crippen LogP contribution in [0.25, 0.3) is 0 Å². The normalized spacial score (nSPS) is 17.4. The van der Waals surface area contributed by atoms with Crippen molar-refractivity contribution in [1.82, 2.24) is 9.97 Å². The molecule has 0 bridgehead atoms. The summed E-state index contributed by atoms with van der Waals surface area (Å²) in [6.07, 6.45) is 3.49. The number of nitrogen functional groups attached to an aromatic ring is 1. The number of ether oxygens (including phenoxy) is 1. The van der Waals surface area contributed by atoms with Gasteiger partial charge in [0, 0.05) is 30.8 Å². The average molecular weight is 340 g/mol. The van der Waals surface area contributed by atoms with Crippen molar-refractivity contribution in [2.75, 3.05) is 30.8 Å². The van der Waals surface area contributed by atoms with Gasteiger partial charge in [-0.05, 0) is 56.0 Å². The van der Waals surface area contributed by atoms with E-state index < -0.39 is 0 Å². The van der Waals surface area contributed by atoms with Gasteiger partial charge in [-0.15, -0.1) is 0 Å². The molecule has 0 saturated carbocycles. The summed E-state index contributed by atoms with van der Waals surface area (Å²) < 4.78 is 5.40. The van der Waals surface area contributed by atoms with Gasteiger partial charge in [-0.3, -0.25) is 4.79 Å². The Balaban J connectivity index is 1.80. The molecule has 0 aliphatic carbocycles. The SMILES string of the molecule is COc1c(C)cc(C(=O)[C@@H]2CCCN(c3ccnc(N)n3)C2)cc1C. The number of piperidine rings is 1. The predicted molar refractivity (Wildman–Crippen MR) is 98.2 cm³/mol. The Labute approximate surface area is 148 Å². The lowest BCUT2D eigenvalue weighted by molar-refractivity contribution is 0.0907. The van der Waals surface area contributed by atoms with Crippen molar-refractivity contribution in [3.8, 4) is 5.75 Å². The molecule has 0 amide bonds.